The van der Waals surface area contributed by atoms with Gasteiger partial charge in [-0.3, -0.25) is 4.79 Å². The van der Waals surface area contributed by atoms with Gasteiger partial charge in [0.1, 0.15) is 0 Å². The molecule has 1 aliphatic rings. The molecule has 0 fully saturated rings. The molecule has 0 spiro atoms. The van der Waals surface area contributed by atoms with Crippen LogP contribution in [0.15, 0.2) is 42.5 Å². The first-order chi connectivity index (χ1) is 11.1. The number of carbonyl (C=O) groups excluding carboxylic acids is 1. The van der Waals surface area contributed by atoms with Crippen molar-refractivity contribution >= 4 is 40.9 Å². The molecule has 0 saturated carbocycles. The molecule has 23 heavy (non-hydrogen) atoms. The summed E-state index contributed by atoms with van der Waals surface area (Å²) in [6, 6.07) is 11.2. The summed E-state index contributed by atoms with van der Waals surface area (Å²) < 4.78 is 0. The molecule has 0 saturated heterocycles. The Bertz CT molecular complexity index is 772. The molecule has 2 aromatic rings. The van der Waals surface area contributed by atoms with Crippen molar-refractivity contribution in [3.63, 3.8) is 0 Å². The van der Waals surface area contributed by atoms with E-state index in [-0.39, 0.29) is 5.91 Å². The third-order valence-electron chi connectivity index (χ3n) is 3.79. The van der Waals surface area contributed by atoms with Crippen molar-refractivity contribution in [2.24, 2.45) is 0 Å². The molecule has 5 heteroatoms. The van der Waals surface area contributed by atoms with Gasteiger partial charge in [-0.2, -0.15) is 0 Å². The molecule has 1 amide bonds. The zero-order valence-electron chi connectivity index (χ0n) is 12.4. The smallest absolute Gasteiger partial charge is 0.248 e. The minimum absolute atomic E-state index is 0.240. The van der Waals surface area contributed by atoms with Crippen LogP contribution in [-0.4, -0.2) is 12.5 Å². The number of hydrogen-bond donors (Lipinski definition) is 2. The van der Waals surface area contributed by atoms with Gasteiger partial charge in [0.05, 0.1) is 10.7 Å². The normalized spacial score (nSPS) is 13.8. The molecule has 0 aromatic heterocycles. The number of amides is 1. The highest BCUT2D eigenvalue weighted by Crippen LogP contribution is 2.30. The second kappa shape index (κ2) is 7.18. The summed E-state index contributed by atoms with van der Waals surface area (Å²) in [5, 5.41) is 7.32. The van der Waals surface area contributed by atoms with Gasteiger partial charge in [-0.25, -0.2) is 0 Å². The van der Waals surface area contributed by atoms with E-state index in [0.717, 1.165) is 30.6 Å². The molecule has 118 valence electrons. The van der Waals surface area contributed by atoms with Crippen LogP contribution in [0.1, 0.15) is 16.7 Å². The van der Waals surface area contributed by atoms with E-state index in [1.807, 2.05) is 30.3 Å². The monoisotopic (exact) mass is 346 g/mol. The van der Waals surface area contributed by atoms with E-state index in [1.54, 1.807) is 12.1 Å². The first-order valence-electron chi connectivity index (χ1n) is 7.40. The van der Waals surface area contributed by atoms with Crippen molar-refractivity contribution < 1.29 is 4.79 Å². The van der Waals surface area contributed by atoms with E-state index in [9.17, 15) is 4.79 Å². The predicted octanol–water partition coefficient (Wildman–Crippen LogP) is 4.29. The number of carbonyl (C=O) groups is 1. The highest BCUT2D eigenvalue weighted by atomic mass is 35.5. The average Bonchev–Trinajstić information content (AvgIpc) is 2.57. The number of hydrogen-bond acceptors (Lipinski definition) is 2. The van der Waals surface area contributed by atoms with Crippen molar-refractivity contribution in [2.45, 2.75) is 13.0 Å². The Labute approximate surface area is 145 Å². The lowest BCUT2D eigenvalue weighted by Gasteiger charge is -2.20. The standard InChI is InChI=1S/C18H16Cl2N2O/c19-15-4-2-1-3-13(15)6-8-17(23)22-16-7-5-12-9-10-21-11-14(12)18(16)20/h1-8,21H,9-11H2,(H,22,23). The number of benzene rings is 2. The lowest BCUT2D eigenvalue weighted by molar-refractivity contribution is -0.111. The largest absolute Gasteiger partial charge is 0.321 e. The molecular formula is C18H16Cl2N2O. The molecule has 0 aliphatic carbocycles. The molecule has 1 aliphatic heterocycles. The van der Waals surface area contributed by atoms with E-state index in [1.165, 1.54) is 11.6 Å². The van der Waals surface area contributed by atoms with Gasteiger partial charge in [0.15, 0.2) is 0 Å². The van der Waals surface area contributed by atoms with Crippen LogP contribution in [0.5, 0.6) is 0 Å². The van der Waals surface area contributed by atoms with Crippen LogP contribution < -0.4 is 10.6 Å². The molecule has 3 rings (SSSR count). The highest BCUT2D eigenvalue weighted by Gasteiger charge is 2.15. The minimum Gasteiger partial charge on any atom is -0.321 e. The molecule has 2 N–H and O–H groups in total. The predicted molar refractivity (Wildman–Crippen MR) is 96.0 cm³/mol. The van der Waals surface area contributed by atoms with Crippen LogP contribution in [0.4, 0.5) is 5.69 Å². The first-order valence-corrected chi connectivity index (χ1v) is 8.15. The number of halogens is 2. The second-order valence-electron chi connectivity index (χ2n) is 5.34. The number of nitrogens with one attached hydrogen (secondary N) is 2. The fourth-order valence-electron chi connectivity index (χ4n) is 2.57. The lowest BCUT2D eigenvalue weighted by Crippen LogP contribution is -2.24. The maximum absolute atomic E-state index is 12.1. The van der Waals surface area contributed by atoms with Gasteiger partial charge in [0, 0.05) is 17.6 Å². The van der Waals surface area contributed by atoms with Crippen molar-refractivity contribution in [1.29, 1.82) is 0 Å². The van der Waals surface area contributed by atoms with Crippen LogP contribution in [-0.2, 0) is 17.8 Å². The summed E-state index contributed by atoms with van der Waals surface area (Å²) in [5.41, 5.74) is 3.72. The van der Waals surface area contributed by atoms with Gasteiger partial charge >= 0.3 is 0 Å². The van der Waals surface area contributed by atoms with Gasteiger partial charge in [-0.05, 0) is 47.9 Å². The van der Waals surface area contributed by atoms with Crippen LogP contribution in [0.3, 0.4) is 0 Å². The van der Waals surface area contributed by atoms with E-state index in [0.29, 0.717) is 15.7 Å². The lowest BCUT2D eigenvalue weighted by atomic mass is 10.0. The summed E-state index contributed by atoms with van der Waals surface area (Å²) >= 11 is 12.5. The van der Waals surface area contributed by atoms with Crippen molar-refractivity contribution in [1.82, 2.24) is 5.32 Å². The van der Waals surface area contributed by atoms with Gasteiger partial charge in [0.25, 0.3) is 0 Å². The molecule has 0 bridgehead atoms. The third-order valence-corrected chi connectivity index (χ3v) is 4.57. The maximum Gasteiger partial charge on any atom is 0.248 e. The summed E-state index contributed by atoms with van der Waals surface area (Å²) in [7, 11) is 0. The number of rotatable bonds is 3. The first kappa shape index (κ1) is 16.1. The Morgan fingerprint density at radius 3 is 2.83 bits per heavy atom. The van der Waals surface area contributed by atoms with E-state index in [2.05, 4.69) is 10.6 Å². The Morgan fingerprint density at radius 1 is 1.17 bits per heavy atom. The second-order valence-corrected chi connectivity index (χ2v) is 6.12. The number of fused-ring (bicyclic) bond motifs is 1. The van der Waals surface area contributed by atoms with Crippen LogP contribution >= 0.6 is 23.2 Å². The molecule has 0 radical (unpaired) electrons. The summed E-state index contributed by atoms with van der Waals surface area (Å²) in [5.74, 6) is -0.240. The van der Waals surface area contributed by atoms with Crippen LogP contribution in [0.2, 0.25) is 10.0 Å². The number of anilines is 1. The minimum atomic E-state index is -0.240. The summed E-state index contributed by atoms with van der Waals surface area (Å²) in [6.45, 7) is 1.68. The van der Waals surface area contributed by atoms with Crippen molar-refractivity contribution in [3.05, 3.63) is 69.2 Å². The van der Waals surface area contributed by atoms with E-state index < -0.39 is 0 Å². The SMILES string of the molecule is O=C(C=Cc1ccccc1Cl)Nc1ccc2c(c1Cl)CNCC2. The summed E-state index contributed by atoms with van der Waals surface area (Å²) in [6.07, 6.45) is 4.09. The molecule has 0 atom stereocenters. The Kier molecular flexibility index (Phi) is 5.01. The zero-order valence-corrected chi connectivity index (χ0v) is 13.9. The molecule has 2 aromatic carbocycles. The maximum atomic E-state index is 12.1. The highest BCUT2D eigenvalue weighted by molar-refractivity contribution is 6.35. The Hall–Kier alpha value is -1.81. The quantitative estimate of drug-likeness (QED) is 0.814. The van der Waals surface area contributed by atoms with E-state index in [4.69, 9.17) is 23.2 Å². The Balaban J connectivity index is 1.75. The van der Waals surface area contributed by atoms with Crippen LogP contribution in [0, 0.1) is 0 Å². The van der Waals surface area contributed by atoms with E-state index >= 15 is 0 Å². The van der Waals surface area contributed by atoms with Crippen LogP contribution in [0.25, 0.3) is 6.08 Å². The van der Waals surface area contributed by atoms with Gasteiger partial charge < -0.3 is 10.6 Å². The molecule has 0 unspecified atom stereocenters. The van der Waals surface area contributed by atoms with Crippen molar-refractivity contribution in [3.8, 4) is 0 Å². The van der Waals surface area contributed by atoms with Crippen molar-refractivity contribution in [2.75, 3.05) is 11.9 Å². The van der Waals surface area contributed by atoms with Gasteiger partial charge in [0.2, 0.25) is 5.91 Å². The third kappa shape index (κ3) is 3.75. The topological polar surface area (TPSA) is 41.1 Å². The molecular weight excluding hydrogens is 331 g/mol. The average molecular weight is 347 g/mol. The Morgan fingerprint density at radius 2 is 2.00 bits per heavy atom. The fourth-order valence-corrected chi connectivity index (χ4v) is 3.07. The fraction of sp³-hybridized carbons (Fsp3) is 0.167. The molecule has 1 heterocycles. The molecule has 3 nitrogen and oxygen atoms in total. The zero-order chi connectivity index (χ0) is 16.2. The summed E-state index contributed by atoms with van der Waals surface area (Å²) in [4.78, 5) is 12.1. The van der Waals surface area contributed by atoms with Gasteiger partial charge in [-0.15, -0.1) is 0 Å². The van der Waals surface area contributed by atoms with Gasteiger partial charge in [-0.1, -0.05) is 47.5 Å².